The first kappa shape index (κ1) is 11.4. The van der Waals surface area contributed by atoms with Crippen LogP contribution >= 0.6 is 15.9 Å². The van der Waals surface area contributed by atoms with Crippen molar-refractivity contribution >= 4 is 15.9 Å². The van der Waals surface area contributed by atoms with E-state index in [1.807, 2.05) is 0 Å². The zero-order chi connectivity index (χ0) is 10.7. The van der Waals surface area contributed by atoms with E-state index < -0.39 is 12.5 Å². The van der Waals surface area contributed by atoms with Gasteiger partial charge in [0.05, 0.1) is 10.5 Å². The molecule has 0 saturated carbocycles. The Morgan fingerprint density at radius 3 is 2.64 bits per heavy atom. The molecular formula is C9H10BrF2NO. The van der Waals surface area contributed by atoms with Crippen LogP contribution in [-0.4, -0.2) is 17.6 Å². The maximum atomic E-state index is 12.1. The third-order valence-corrected chi connectivity index (χ3v) is 2.75. The van der Waals surface area contributed by atoms with Gasteiger partial charge in [0.2, 0.25) is 0 Å². The monoisotopic (exact) mass is 265 g/mol. The Morgan fingerprint density at radius 2 is 2.07 bits per heavy atom. The first-order valence-electron chi connectivity index (χ1n) is 4.02. The van der Waals surface area contributed by atoms with Crippen LogP contribution in [0.2, 0.25) is 0 Å². The Kier molecular flexibility index (Phi) is 3.83. The number of phenolic OH excluding ortho intramolecular Hbond substituents is 1. The van der Waals surface area contributed by atoms with Crippen molar-refractivity contribution in [2.45, 2.75) is 18.9 Å². The Morgan fingerprint density at radius 1 is 1.43 bits per heavy atom. The number of phenols is 1. The first-order chi connectivity index (χ1) is 6.52. The summed E-state index contributed by atoms with van der Waals surface area (Å²) < 4.78 is 24.7. The second-order valence-electron chi connectivity index (χ2n) is 2.95. The molecule has 0 fully saturated rings. The van der Waals surface area contributed by atoms with Crippen LogP contribution in [0.1, 0.15) is 5.56 Å². The fourth-order valence-electron chi connectivity index (χ4n) is 1.07. The van der Waals surface area contributed by atoms with E-state index in [0.717, 1.165) is 0 Å². The number of aromatic hydroxyl groups is 1. The molecule has 1 atom stereocenters. The van der Waals surface area contributed by atoms with Crippen LogP contribution in [0.5, 0.6) is 5.75 Å². The van der Waals surface area contributed by atoms with E-state index in [1.165, 1.54) is 6.07 Å². The SMILES string of the molecule is NC(Cc1cccc(O)c1Br)C(F)F. The molecule has 1 unspecified atom stereocenters. The molecule has 0 saturated heterocycles. The highest BCUT2D eigenvalue weighted by Gasteiger charge is 2.17. The summed E-state index contributed by atoms with van der Waals surface area (Å²) in [5.74, 6) is 0.0315. The second-order valence-corrected chi connectivity index (χ2v) is 3.75. The standard InChI is InChI=1S/C9H10BrF2NO/c10-8-5(2-1-3-7(8)14)4-6(13)9(11)12/h1-3,6,9,14H,4,13H2. The highest BCUT2D eigenvalue weighted by Crippen LogP contribution is 2.28. The lowest BCUT2D eigenvalue weighted by molar-refractivity contribution is 0.116. The number of alkyl halides is 2. The molecule has 1 aromatic rings. The molecule has 5 heteroatoms. The molecule has 78 valence electrons. The van der Waals surface area contributed by atoms with Gasteiger partial charge in [-0.25, -0.2) is 8.78 Å². The molecule has 0 aliphatic heterocycles. The molecule has 0 aliphatic carbocycles. The van der Waals surface area contributed by atoms with Crippen molar-refractivity contribution < 1.29 is 13.9 Å². The fraction of sp³-hybridized carbons (Fsp3) is 0.333. The second kappa shape index (κ2) is 4.70. The molecule has 0 bridgehead atoms. The van der Waals surface area contributed by atoms with Gasteiger partial charge < -0.3 is 10.8 Å². The van der Waals surface area contributed by atoms with Crippen LogP contribution in [0.4, 0.5) is 8.78 Å². The van der Waals surface area contributed by atoms with E-state index in [4.69, 9.17) is 5.73 Å². The molecule has 0 radical (unpaired) electrons. The van der Waals surface area contributed by atoms with Gasteiger partial charge in [-0.15, -0.1) is 0 Å². The molecule has 0 heterocycles. The largest absolute Gasteiger partial charge is 0.507 e. The van der Waals surface area contributed by atoms with Crippen molar-refractivity contribution in [3.05, 3.63) is 28.2 Å². The van der Waals surface area contributed by atoms with Gasteiger partial charge in [0, 0.05) is 0 Å². The van der Waals surface area contributed by atoms with Crippen molar-refractivity contribution in [2.24, 2.45) is 5.73 Å². The van der Waals surface area contributed by atoms with Crippen LogP contribution in [0.3, 0.4) is 0 Å². The summed E-state index contributed by atoms with van der Waals surface area (Å²) in [6.45, 7) is 0. The minimum absolute atomic E-state index is 0.0315. The van der Waals surface area contributed by atoms with Crippen molar-refractivity contribution in [3.63, 3.8) is 0 Å². The van der Waals surface area contributed by atoms with Crippen molar-refractivity contribution in [3.8, 4) is 5.75 Å². The summed E-state index contributed by atoms with van der Waals surface area (Å²) in [4.78, 5) is 0. The smallest absolute Gasteiger partial charge is 0.253 e. The molecule has 14 heavy (non-hydrogen) atoms. The Balaban J connectivity index is 2.82. The molecule has 1 aromatic carbocycles. The molecule has 0 amide bonds. The predicted octanol–water partition coefficient (Wildman–Crippen LogP) is 2.29. The van der Waals surface area contributed by atoms with Gasteiger partial charge in [0.15, 0.2) is 0 Å². The summed E-state index contributed by atoms with van der Waals surface area (Å²) in [5.41, 5.74) is 5.80. The minimum Gasteiger partial charge on any atom is -0.507 e. The lowest BCUT2D eigenvalue weighted by Crippen LogP contribution is -2.31. The zero-order valence-electron chi connectivity index (χ0n) is 7.25. The van der Waals surface area contributed by atoms with Crippen LogP contribution < -0.4 is 5.73 Å². The Hall–Kier alpha value is -0.680. The zero-order valence-corrected chi connectivity index (χ0v) is 8.84. The number of hydrogen-bond donors (Lipinski definition) is 2. The van der Waals surface area contributed by atoms with Crippen LogP contribution in [-0.2, 0) is 6.42 Å². The van der Waals surface area contributed by atoms with Crippen LogP contribution in [0.25, 0.3) is 0 Å². The van der Waals surface area contributed by atoms with E-state index in [0.29, 0.717) is 10.0 Å². The van der Waals surface area contributed by atoms with E-state index in [2.05, 4.69) is 15.9 Å². The molecule has 0 aromatic heterocycles. The van der Waals surface area contributed by atoms with Crippen LogP contribution in [0.15, 0.2) is 22.7 Å². The summed E-state index contributed by atoms with van der Waals surface area (Å²) >= 11 is 3.11. The van der Waals surface area contributed by atoms with Gasteiger partial charge in [0.25, 0.3) is 6.43 Å². The fourth-order valence-corrected chi connectivity index (χ4v) is 1.49. The quantitative estimate of drug-likeness (QED) is 0.881. The number of nitrogens with two attached hydrogens (primary N) is 1. The van der Waals surface area contributed by atoms with Gasteiger partial charge in [-0.3, -0.25) is 0 Å². The van der Waals surface area contributed by atoms with Gasteiger partial charge in [-0.2, -0.15) is 0 Å². The third kappa shape index (κ3) is 2.65. The number of hydrogen-bond acceptors (Lipinski definition) is 2. The normalized spacial score (nSPS) is 13.2. The lowest BCUT2D eigenvalue weighted by atomic mass is 10.1. The maximum absolute atomic E-state index is 12.1. The average molecular weight is 266 g/mol. The average Bonchev–Trinajstić information content (AvgIpc) is 2.12. The number of halogens is 3. The number of benzene rings is 1. The molecule has 1 rings (SSSR count). The lowest BCUT2D eigenvalue weighted by Gasteiger charge is -2.11. The topological polar surface area (TPSA) is 46.2 Å². The van der Waals surface area contributed by atoms with Gasteiger partial charge >= 0.3 is 0 Å². The van der Waals surface area contributed by atoms with Gasteiger partial charge in [-0.05, 0) is 34.0 Å². The number of rotatable bonds is 3. The highest BCUT2D eigenvalue weighted by molar-refractivity contribution is 9.10. The third-order valence-electron chi connectivity index (χ3n) is 1.84. The maximum Gasteiger partial charge on any atom is 0.253 e. The van der Waals surface area contributed by atoms with Gasteiger partial charge in [-0.1, -0.05) is 12.1 Å². The first-order valence-corrected chi connectivity index (χ1v) is 4.81. The molecule has 0 aliphatic rings. The molecule has 0 spiro atoms. The molecule has 2 nitrogen and oxygen atoms in total. The van der Waals surface area contributed by atoms with Crippen LogP contribution in [0, 0.1) is 0 Å². The van der Waals surface area contributed by atoms with Crippen molar-refractivity contribution in [1.82, 2.24) is 0 Å². The van der Waals surface area contributed by atoms with Crippen molar-refractivity contribution in [1.29, 1.82) is 0 Å². The van der Waals surface area contributed by atoms with E-state index in [9.17, 15) is 13.9 Å². The summed E-state index contributed by atoms with van der Waals surface area (Å²) in [7, 11) is 0. The summed E-state index contributed by atoms with van der Waals surface area (Å²) in [6, 6.07) is 3.51. The van der Waals surface area contributed by atoms with E-state index >= 15 is 0 Å². The summed E-state index contributed by atoms with van der Waals surface area (Å²) in [6.07, 6.45) is -2.52. The minimum atomic E-state index is -2.55. The Labute approximate surface area is 88.9 Å². The summed E-state index contributed by atoms with van der Waals surface area (Å²) in [5, 5.41) is 9.28. The van der Waals surface area contributed by atoms with E-state index in [1.54, 1.807) is 12.1 Å². The Bertz CT molecular complexity index is 320. The van der Waals surface area contributed by atoms with E-state index in [-0.39, 0.29) is 12.2 Å². The molecule has 3 N–H and O–H groups in total. The van der Waals surface area contributed by atoms with Crippen molar-refractivity contribution in [2.75, 3.05) is 0 Å². The predicted molar refractivity (Wildman–Crippen MR) is 53.5 cm³/mol. The molecular weight excluding hydrogens is 256 g/mol. The van der Waals surface area contributed by atoms with Gasteiger partial charge in [0.1, 0.15) is 5.75 Å². The highest BCUT2D eigenvalue weighted by atomic mass is 79.9.